The van der Waals surface area contributed by atoms with E-state index in [1.807, 2.05) is 12.1 Å². The topological polar surface area (TPSA) is 63.4 Å². The normalized spacial score (nSPS) is 17.2. The van der Waals surface area contributed by atoms with Crippen LogP contribution in [0.5, 0.6) is 0 Å². The third-order valence-corrected chi connectivity index (χ3v) is 6.17. The Morgan fingerprint density at radius 1 is 1.23 bits per heavy atom. The zero-order chi connectivity index (χ0) is 15.8. The second-order valence-electron chi connectivity index (χ2n) is 6.94. The molecule has 1 aliphatic carbocycles. The average Bonchev–Trinajstić information content (AvgIpc) is 3.23. The van der Waals surface area contributed by atoms with Crippen LogP contribution in [0.4, 0.5) is 0 Å². The quantitative estimate of drug-likeness (QED) is 0.891. The molecule has 2 N–H and O–H groups in total. The summed E-state index contributed by atoms with van der Waals surface area (Å²) >= 11 is 0. The first-order chi connectivity index (χ1) is 9.67. The minimum absolute atomic E-state index is 0. The molecule has 126 valence electrons. The molecule has 0 bridgehead atoms. The smallest absolute Gasteiger partial charge is 0.243 e. The van der Waals surface area contributed by atoms with Gasteiger partial charge in [0, 0.05) is 19.6 Å². The van der Waals surface area contributed by atoms with E-state index in [-0.39, 0.29) is 23.9 Å². The van der Waals surface area contributed by atoms with Crippen LogP contribution in [0.25, 0.3) is 0 Å². The maximum Gasteiger partial charge on any atom is 0.243 e. The summed E-state index contributed by atoms with van der Waals surface area (Å²) < 4.78 is 26.8. The zero-order valence-electron chi connectivity index (χ0n) is 13.7. The van der Waals surface area contributed by atoms with E-state index in [9.17, 15) is 8.42 Å². The van der Waals surface area contributed by atoms with Crippen LogP contribution in [0.1, 0.15) is 39.2 Å². The molecule has 0 amide bonds. The molecule has 1 aromatic rings. The number of hydrogen-bond acceptors (Lipinski definition) is 3. The van der Waals surface area contributed by atoms with Crippen LogP contribution in [0, 0.1) is 5.92 Å². The van der Waals surface area contributed by atoms with E-state index in [4.69, 9.17) is 5.73 Å². The molecule has 2 rings (SSSR count). The molecular weight excluding hydrogens is 320 g/mol. The summed E-state index contributed by atoms with van der Waals surface area (Å²) in [5, 5.41) is 0. The fourth-order valence-corrected chi connectivity index (χ4v) is 4.02. The SMILES string of the molecule is CN(C(CN)C1CC1)S(=O)(=O)c1ccc(C(C)(C)C)cc1.Cl. The Labute approximate surface area is 140 Å². The van der Waals surface area contributed by atoms with Crippen molar-refractivity contribution in [3.05, 3.63) is 29.8 Å². The van der Waals surface area contributed by atoms with Crippen LogP contribution in [0.3, 0.4) is 0 Å². The zero-order valence-corrected chi connectivity index (χ0v) is 15.4. The predicted molar refractivity (Wildman–Crippen MR) is 92.9 cm³/mol. The lowest BCUT2D eigenvalue weighted by atomic mass is 9.87. The van der Waals surface area contributed by atoms with E-state index in [1.165, 1.54) is 4.31 Å². The van der Waals surface area contributed by atoms with Crippen molar-refractivity contribution in [3.8, 4) is 0 Å². The van der Waals surface area contributed by atoms with Crippen LogP contribution in [-0.2, 0) is 15.4 Å². The summed E-state index contributed by atoms with van der Waals surface area (Å²) in [6, 6.07) is 7.11. The highest BCUT2D eigenvalue weighted by molar-refractivity contribution is 7.89. The molecule has 0 heterocycles. The first-order valence-electron chi connectivity index (χ1n) is 7.46. The predicted octanol–water partition coefficient (Wildman–Crippen LogP) is 2.76. The van der Waals surface area contributed by atoms with Crippen molar-refractivity contribution in [2.75, 3.05) is 13.6 Å². The van der Waals surface area contributed by atoms with Gasteiger partial charge in [-0.05, 0) is 41.9 Å². The van der Waals surface area contributed by atoms with Gasteiger partial charge in [0.25, 0.3) is 0 Å². The van der Waals surface area contributed by atoms with Gasteiger partial charge < -0.3 is 5.73 Å². The first-order valence-corrected chi connectivity index (χ1v) is 8.90. The Kier molecular flexibility index (Phi) is 6.07. The van der Waals surface area contributed by atoms with Gasteiger partial charge >= 0.3 is 0 Å². The van der Waals surface area contributed by atoms with E-state index in [1.54, 1.807) is 19.2 Å². The lowest BCUT2D eigenvalue weighted by Gasteiger charge is -2.27. The Balaban J connectivity index is 0.00000242. The minimum atomic E-state index is -3.46. The fraction of sp³-hybridized carbons (Fsp3) is 0.625. The Hall–Kier alpha value is -0.620. The van der Waals surface area contributed by atoms with E-state index in [2.05, 4.69) is 20.8 Å². The van der Waals surface area contributed by atoms with E-state index in [0.717, 1.165) is 18.4 Å². The van der Waals surface area contributed by atoms with Gasteiger partial charge in [-0.1, -0.05) is 32.9 Å². The van der Waals surface area contributed by atoms with Gasteiger partial charge in [0.1, 0.15) is 0 Å². The molecule has 0 saturated heterocycles. The number of likely N-dealkylation sites (N-methyl/N-ethyl adjacent to an activating group) is 1. The maximum absolute atomic E-state index is 12.7. The van der Waals surface area contributed by atoms with Crippen molar-refractivity contribution in [1.29, 1.82) is 0 Å². The molecule has 1 fully saturated rings. The van der Waals surface area contributed by atoms with Crippen molar-refractivity contribution in [3.63, 3.8) is 0 Å². The van der Waals surface area contributed by atoms with Gasteiger partial charge in [0.2, 0.25) is 10.0 Å². The summed E-state index contributed by atoms with van der Waals surface area (Å²) in [6.07, 6.45) is 2.15. The largest absolute Gasteiger partial charge is 0.329 e. The lowest BCUT2D eigenvalue weighted by molar-refractivity contribution is 0.340. The number of rotatable bonds is 5. The molecule has 0 spiro atoms. The fourth-order valence-electron chi connectivity index (χ4n) is 2.59. The highest BCUT2D eigenvalue weighted by Crippen LogP contribution is 2.36. The highest BCUT2D eigenvalue weighted by Gasteiger charge is 2.38. The molecule has 1 saturated carbocycles. The monoisotopic (exact) mass is 346 g/mol. The summed E-state index contributed by atoms with van der Waals surface area (Å²) in [5.74, 6) is 0.420. The second-order valence-corrected chi connectivity index (χ2v) is 8.93. The number of sulfonamides is 1. The molecule has 1 atom stereocenters. The van der Waals surface area contributed by atoms with Crippen LogP contribution in [0.2, 0.25) is 0 Å². The van der Waals surface area contributed by atoms with E-state index >= 15 is 0 Å². The van der Waals surface area contributed by atoms with Crippen molar-refractivity contribution in [1.82, 2.24) is 4.31 Å². The van der Waals surface area contributed by atoms with Crippen molar-refractivity contribution in [2.45, 2.75) is 50.0 Å². The molecule has 0 radical (unpaired) electrons. The lowest BCUT2D eigenvalue weighted by Crippen LogP contribution is -2.43. The number of nitrogens with zero attached hydrogens (tertiary/aromatic N) is 1. The first kappa shape index (κ1) is 19.4. The van der Waals surface area contributed by atoms with E-state index in [0.29, 0.717) is 17.4 Å². The molecule has 22 heavy (non-hydrogen) atoms. The summed E-state index contributed by atoms with van der Waals surface area (Å²) in [4.78, 5) is 0.345. The molecule has 1 aliphatic rings. The molecule has 6 heteroatoms. The second kappa shape index (κ2) is 6.87. The van der Waals surface area contributed by atoms with Gasteiger partial charge in [-0.3, -0.25) is 0 Å². The van der Waals surface area contributed by atoms with Gasteiger partial charge in [-0.25, -0.2) is 8.42 Å². The van der Waals surface area contributed by atoms with Crippen molar-refractivity contribution >= 4 is 22.4 Å². The van der Waals surface area contributed by atoms with Gasteiger partial charge in [-0.15, -0.1) is 12.4 Å². The molecular formula is C16H27ClN2O2S. The standard InChI is InChI=1S/C16H26N2O2S.ClH/c1-16(2,3)13-7-9-14(10-8-13)21(19,20)18(4)15(11-17)12-5-6-12;/h7-10,12,15H,5-6,11,17H2,1-4H3;1H. The third kappa shape index (κ3) is 4.02. The van der Waals surface area contributed by atoms with Crippen LogP contribution in [-0.4, -0.2) is 32.4 Å². The molecule has 1 aromatic carbocycles. The third-order valence-electron chi connectivity index (χ3n) is 4.27. The number of halogens is 1. The molecule has 1 unspecified atom stereocenters. The van der Waals surface area contributed by atoms with Crippen molar-refractivity contribution < 1.29 is 8.42 Å². The summed E-state index contributed by atoms with van der Waals surface area (Å²) in [7, 11) is -1.82. The molecule has 4 nitrogen and oxygen atoms in total. The summed E-state index contributed by atoms with van der Waals surface area (Å²) in [5.41, 5.74) is 6.91. The van der Waals surface area contributed by atoms with Crippen LogP contribution >= 0.6 is 12.4 Å². The molecule has 0 aromatic heterocycles. The van der Waals surface area contributed by atoms with Crippen LogP contribution < -0.4 is 5.73 Å². The van der Waals surface area contributed by atoms with Gasteiger partial charge in [-0.2, -0.15) is 4.31 Å². The van der Waals surface area contributed by atoms with E-state index < -0.39 is 10.0 Å². The Bertz CT molecular complexity index is 590. The van der Waals surface area contributed by atoms with Gasteiger partial charge in [0.15, 0.2) is 0 Å². The summed E-state index contributed by atoms with van der Waals surface area (Å²) in [6.45, 7) is 6.71. The number of benzene rings is 1. The Morgan fingerprint density at radius 2 is 1.73 bits per heavy atom. The van der Waals surface area contributed by atoms with Crippen LogP contribution in [0.15, 0.2) is 29.2 Å². The minimum Gasteiger partial charge on any atom is -0.329 e. The highest BCUT2D eigenvalue weighted by atomic mass is 35.5. The maximum atomic E-state index is 12.7. The number of nitrogens with two attached hydrogens (primary N) is 1. The molecule has 0 aliphatic heterocycles. The average molecular weight is 347 g/mol. The number of hydrogen-bond donors (Lipinski definition) is 1. The van der Waals surface area contributed by atoms with Gasteiger partial charge in [0.05, 0.1) is 4.90 Å². The van der Waals surface area contributed by atoms with Crippen molar-refractivity contribution in [2.24, 2.45) is 11.7 Å². The Morgan fingerprint density at radius 3 is 2.09 bits per heavy atom.